The van der Waals surface area contributed by atoms with Gasteiger partial charge in [0, 0.05) is 0 Å². The summed E-state index contributed by atoms with van der Waals surface area (Å²) < 4.78 is 7.11. The van der Waals surface area contributed by atoms with E-state index in [1.54, 1.807) is 0 Å². The molecule has 0 aromatic heterocycles. The molecular formula is C9H15IOZn. The van der Waals surface area contributed by atoms with Crippen LogP contribution in [0.1, 0.15) is 38.5 Å². The minimum atomic E-state index is -0.195. The monoisotopic (exact) mass is 330 g/mol. The van der Waals surface area contributed by atoms with Crippen LogP contribution in [0.3, 0.4) is 0 Å². The van der Waals surface area contributed by atoms with E-state index in [1.807, 2.05) is 0 Å². The number of rotatable bonds is 1. The molecule has 1 saturated carbocycles. The molecule has 1 nitrogen and oxygen atoms in total. The van der Waals surface area contributed by atoms with Gasteiger partial charge in [0.05, 0.1) is 0 Å². The maximum atomic E-state index is 5.99. The molecule has 1 spiro atoms. The molecular weight excluding hydrogens is 316 g/mol. The van der Waals surface area contributed by atoms with Crippen LogP contribution in [0.15, 0.2) is 0 Å². The van der Waals surface area contributed by atoms with Crippen molar-refractivity contribution in [3.8, 4) is 0 Å². The van der Waals surface area contributed by atoms with Crippen LogP contribution in [0, 0.1) is 0 Å². The van der Waals surface area contributed by atoms with Gasteiger partial charge in [-0.15, -0.1) is 0 Å². The first-order valence-corrected chi connectivity index (χ1v) is 15.8. The fourth-order valence-electron chi connectivity index (χ4n) is 2.63. The summed E-state index contributed by atoms with van der Waals surface area (Å²) in [7, 11) is 0. The number of halogens is 1. The van der Waals surface area contributed by atoms with Gasteiger partial charge in [-0.1, -0.05) is 0 Å². The Morgan fingerprint density at radius 3 is 2.75 bits per heavy atom. The standard InChI is InChI=1S/C9H15O.HI.Zn/c1-2-6-9(5-1)7-3-4-8-10-9;;/h3H,1-2,4-8H2;1H;/q;;+1/p-1. The van der Waals surface area contributed by atoms with Crippen molar-refractivity contribution in [2.45, 2.75) is 48.6 Å². The molecule has 2 aliphatic rings. The Hall–Kier alpha value is 1.31. The number of ether oxygens (including phenoxy) is 1. The molecule has 1 aliphatic heterocycles. The molecule has 0 aromatic carbocycles. The van der Waals surface area contributed by atoms with Crippen molar-refractivity contribution in [3.63, 3.8) is 0 Å². The second kappa shape index (κ2) is 4.23. The van der Waals surface area contributed by atoms with Gasteiger partial charge in [0.1, 0.15) is 0 Å². The molecule has 1 atom stereocenters. The molecule has 1 saturated heterocycles. The molecule has 3 heteroatoms. The Balaban J connectivity index is 1.97. The first-order valence-electron chi connectivity index (χ1n) is 5.05. The van der Waals surface area contributed by atoms with Crippen molar-refractivity contribution < 1.29 is 18.3 Å². The van der Waals surface area contributed by atoms with E-state index >= 15 is 0 Å². The second-order valence-electron chi connectivity index (χ2n) is 4.25. The predicted octanol–water partition coefficient (Wildman–Crippen LogP) is 3.33. The van der Waals surface area contributed by atoms with E-state index in [4.69, 9.17) is 4.74 Å². The summed E-state index contributed by atoms with van der Waals surface area (Å²) >= 11 is 2.51. The first-order chi connectivity index (χ1) is 5.85. The van der Waals surface area contributed by atoms with Gasteiger partial charge in [0.15, 0.2) is 0 Å². The van der Waals surface area contributed by atoms with Crippen LogP contribution in [-0.2, 0) is 18.3 Å². The zero-order valence-electron chi connectivity index (χ0n) is 7.52. The summed E-state index contributed by atoms with van der Waals surface area (Å²) in [6.45, 7) is 1.07. The summed E-state index contributed by atoms with van der Waals surface area (Å²) in [4.78, 5) is 0. The van der Waals surface area contributed by atoms with Crippen LogP contribution < -0.4 is 0 Å². The van der Waals surface area contributed by atoms with Gasteiger partial charge in [0.25, 0.3) is 0 Å². The van der Waals surface area contributed by atoms with E-state index < -0.39 is 0 Å². The normalized spacial score (nSPS) is 33.6. The number of hydrogen-bond acceptors (Lipinski definition) is 1. The van der Waals surface area contributed by atoms with Gasteiger partial charge >= 0.3 is 93.3 Å². The molecule has 0 bridgehead atoms. The zero-order chi connectivity index (χ0) is 8.44. The third-order valence-corrected chi connectivity index (χ3v) is 12.2. The van der Waals surface area contributed by atoms with Crippen LogP contribution in [0.5, 0.6) is 0 Å². The van der Waals surface area contributed by atoms with E-state index in [-0.39, 0.29) is 13.6 Å². The molecule has 2 rings (SSSR count). The van der Waals surface area contributed by atoms with Crippen LogP contribution >= 0.6 is 19.8 Å². The third-order valence-electron chi connectivity index (χ3n) is 3.33. The topological polar surface area (TPSA) is 9.23 Å². The summed E-state index contributed by atoms with van der Waals surface area (Å²) in [5.74, 6) is 0. The molecule has 1 aliphatic carbocycles. The molecule has 0 aromatic rings. The van der Waals surface area contributed by atoms with Crippen molar-refractivity contribution >= 4 is 19.8 Å². The van der Waals surface area contributed by atoms with Crippen LogP contribution in [0.2, 0.25) is 4.51 Å². The molecule has 2 fully saturated rings. The van der Waals surface area contributed by atoms with Crippen LogP contribution in [-0.4, -0.2) is 12.2 Å². The molecule has 0 amide bonds. The second-order valence-corrected chi connectivity index (χ2v) is 11.9. The van der Waals surface area contributed by atoms with Crippen LogP contribution in [0.25, 0.3) is 0 Å². The number of hydrogen-bond donors (Lipinski definition) is 0. The molecule has 0 N–H and O–H groups in total. The Morgan fingerprint density at radius 1 is 1.33 bits per heavy atom. The van der Waals surface area contributed by atoms with Gasteiger partial charge in [-0.2, -0.15) is 0 Å². The van der Waals surface area contributed by atoms with Crippen molar-refractivity contribution in [3.05, 3.63) is 0 Å². The Morgan fingerprint density at radius 2 is 2.08 bits per heavy atom. The SMILES string of the molecule is [I][Zn][CH]1CCOC2(CCCC2)C1. The van der Waals surface area contributed by atoms with E-state index in [2.05, 4.69) is 19.8 Å². The summed E-state index contributed by atoms with van der Waals surface area (Å²) in [6, 6.07) is 0. The molecule has 0 radical (unpaired) electrons. The minimum absolute atomic E-state index is 0.195. The van der Waals surface area contributed by atoms with Gasteiger partial charge in [-0.3, -0.25) is 0 Å². The third kappa shape index (κ3) is 2.04. The molecule has 1 unspecified atom stereocenters. The van der Waals surface area contributed by atoms with E-state index in [1.165, 1.54) is 38.5 Å². The summed E-state index contributed by atoms with van der Waals surface area (Å²) in [5, 5.41) is 0. The Bertz CT molecular complexity index is 157. The van der Waals surface area contributed by atoms with Crippen molar-refractivity contribution in [2.24, 2.45) is 0 Å². The van der Waals surface area contributed by atoms with E-state index in [0.717, 1.165) is 11.1 Å². The quantitative estimate of drug-likeness (QED) is 0.529. The summed E-state index contributed by atoms with van der Waals surface area (Å²) in [5.41, 5.74) is 0.388. The van der Waals surface area contributed by atoms with Crippen LogP contribution in [0.4, 0.5) is 0 Å². The Labute approximate surface area is 92.8 Å². The zero-order valence-corrected chi connectivity index (χ0v) is 12.6. The first kappa shape index (κ1) is 9.85. The Kier molecular flexibility index (Phi) is 3.47. The molecule has 66 valence electrons. The van der Waals surface area contributed by atoms with Crippen molar-refractivity contribution in [2.75, 3.05) is 6.61 Å². The van der Waals surface area contributed by atoms with Gasteiger partial charge in [-0.05, 0) is 0 Å². The molecule has 1 heterocycles. The van der Waals surface area contributed by atoms with E-state index in [9.17, 15) is 0 Å². The maximum absolute atomic E-state index is 5.99. The van der Waals surface area contributed by atoms with Gasteiger partial charge in [0.2, 0.25) is 0 Å². The molecule has 12 heavy (non-hydrogen) atoms. The average Bonchev–Trinajstić information content (AvgIpc) is 2.53. The summed E-state index contributed by atoms with van der Waals surface area (Å²) in [6.07, 6.45) is 8.37. The van der Waals surface area contributed by atoms with E-state index in [0.29, 0.717) is 5.60 Å². The fraction of sp³-hybridized carbons (Fsp3) is 1.00. The fourth-order valence-corrected chi connectivity index (χ4v) is 8.54. The van der Waals surface area contributed by atoms with Crippen molar-refractivity contribution in [1.29, 1.82) is 0 Å². The van der Waals surface area contributed by atoms with Gasteiger partial charge < -0.3 is 0 Å². The predicted molar refractivity (Wildman–Crippen MR) is 54.2 cm³/mol. The average molecular weight is 332 g/mol. The van der Waals surface area contributed by atoms with Crippen molar-refractivity contribution in [1.82, 2.24) is 0 Å². The van der Waals surface area contributed by atoms with Gasteiger partial charge in [-0.25, -0.2) is 0 Å².